The number of carboxylic acid groups (broad SMARTS) is 1. The number of aliphatic carboxylic acids is 1. The van der Waals surface area contributed by atoms with Crippen LogP contribution in [-0.4, -0.2) is 28.1 Å². The van der Waals surface area contributed by atoms with Crippen LogP contribution in [0.1, 0.15) is 72.1 Å². The molecule has 2 saturated carbocycles. The molecule has 4 rings (SSSR count). The monoisotopic (exact) mass is 386 g/mol. The quantitative estimate of drug-likeness (QED) is 0.744. The van der Waals surface area contributed by atoms with Crippen molar-refractivity contribution in [2.75, 3.05) is 0 Å². The molecule has 0 aliphatic heterocycles. The fourth-order valence-electron chi connectivity index (χ4n) is 7.13. The zero-order valence-electron chi connectivity index (χ0n) is 17.4. The molecule has 0 heterocycles. The van der Waals surface area contributed by atoms with Crippen molar-refractivity contribution in [1.82, 2.24) is 0 Å². The number of carbonyl (C=O) groups is 2. The third-order valence-electron chi connectivity index (χ3n) is 8.95. The van der Waals surface area contributed by atoms with E-state index in [4.69, 9.17) is 5.11 Å². The number of allylic oxidation sites excluding steroid dienone is 4. The Morgan fingerprint density at radius 1 is 1.29 bits per heavy atom. The van der Waals surface area contributed by atoms with Crippen LogP contribution in [0.25, 0.3) is 0 Å². The molecular formula is C24H34O4. The highest BCUT2D eigenvalue weighted by Gasteiger charge is 2.58. The standard InChI is InChI=1S/C24H34O4/c1-14(4-9-22(27)28)18-7-8-19-17-6-5-15-12-16(25)10-11-23(15,2)20(17)13-21(26)24(18,19)3/h6,13-16,18-19,25H,4-5,7-12H2,1-3H3,(H,27,28)/t14-,15-,16-,18+,19-,23-,24+/m1/s1. The first-order valence-electron chi connectivity index (χ1n) is 11.0. The van der Waals surface area contributed by atoms with Crippen LogP contribution in [0.15, 0.2) is 23.3 Å². The lowest BCUT2D eigenvalue weighted by molar-refractivity contribution is -0.137. The summed E-state index contributed by atoms with van der Waals surface area (Å²) >= 11 is 0. The third kappa shape index (κ3) is 2.82. The van der Waals surface area contributed by atoms with Crippen LogP contribution in [0.5, 0.6) is 0 Å². The smallest absolute Gasteiger partial charge is 0.303 e. The Balaban J connectivity index is 1.66. The summed E-state index contributed by atoms with van der Waals surface area (Å²) in [6, 6.07) is 0. The highest BCUT2D eigenvalue weighted by Crippen LogP contribution is 2.63. The molecule has 0 aromatic carbocycles. The summed E-state index contributed by atoms with van der Waals surface area (Å²) in [5, 5.41) is 19.2. The van der Waals surface area contributed by atoms with E-state index in [0.717, 1.165) is 38.5 Å². The third-order valence-corrected chi connectivity index (χ3v) is 8.95. The van der Waals surface area contributed by atoms with Gasteiger partial charge in [0.05, 0.1) is 6.10 Å². The number of carboxylic acids is 1. The number of aliphatic hydroxyl groups excluding tert-OH is 1. The van der Waals surface area contributed by atoms with Gasteiger partial charge < -0.3 is 10.2 Å². The normalized spacial score (nSPS) is 43.4. The molecule has 0 unspecified atom stereocenters. The van der Waals surface area contributed by atoms with Gasteiger partial charge in [-0.3, -0.25) is 9.59 Å². The van der Waals surface area contributed by atoms with Crippen molar-refractivity contribution < 1.29 is 19.8 Å². The van der Waals surface area contributed by atoms with E-state index in [9.17, 15) is 14.7 Å². The van der Waals surface area contributed by atoms with Crippen molar-refractivity contribution in [3.8, 4) is 0 Å². The second kappa shape index (κ2) is 6.83. The van der Waals surface area contributed by atoms with E-state index < -0.39 is 11.4 Å². The Bertz CT molecular complexity index is 750. The number of aliphatic hydroxyl groups is 1. The zero-order valence-corrected chi connectivity index (χ0v) is 17.4. The maximum absolute atomic E-state index is 13.5. The van der Waals surface area contributed by atoms with Crippen LogP contribution < -0.4 is 0 Å². The molecule has 7 atom stereocenters. The molecule has 0 radical (unpaired) electrons. The fourth-order valence-corrected chi connectivity index (χ4v) is 7.13. The minimum atomic E-state index is -0.753. The Hall–Kier alpha value is -1.42. The first-order valence-corrected chi connectivity index (χ1v) is 11.0. The molecule has 0 saturated heterocycles. The van der Waals surface area contributed by atoms with E-state index in [-0.39, 0.29) is 41.5 Å². The van der Waals surface area contributed by atoms with E-state index in [1.54, 1.807) is 0 Å². The van der Waals surface area contributed by atoms with Crippen LogP contribution in [0, 0.1) is 34.5 Å². The maximum Gasteiger partial charge on any atom is 0.303 e. The molecule has 0 aromatic heterocycles. The number of ketones is 1. The minimum absolute atomic E-state index is 0.00726. The van der Waals surface area contributed by atoms with Crippen molar-refractivity contribution in [2.45, 2.75) is 78.2 Å². The van der Waals surface area contributed by atoms with Gasteiger partial charge in [-0.25, -0.2) is 0 Å². The number of hydrogen-bond donors (Lipinski definition) is 2. The Labute approximate surface area is 168 Å². The first kappa shape index (κ1) is 19.9. The van der Waals surface area contributed by atoms with Gasteiger partial charge in [0.25, 0.3) is 0 Å². The summed E-state index contributed by atoms with van der Waals surface area (Å²) < 4.78 is 0. The lowest BCUT2D eigenvalue weighted by atomic mass is 9.51. The van der Waals surface area contributed by atoms with Crippen LogP contribution in [0.2, 0.25) is 0 Å². The molecule has 4 nitrogen and oxygen atoms in total. The molecule has 28 heavy (non-hydrogen) atoms. The molecule has 4 heteroatoms. The Morgan fingerprint density at radius 2 is 2.04 bits per heavy atom. The van der Waals surface area contributed by atoms with Gasteiger partial charge >= 0.3 is 5.97 Å². The van der Waals surface area contributed by atoms with Gasteiger partial charge in [-0.05, 0) is 91.3 Å². The molecule has 0 aromatic rings. The van der Waals surface area contributed by atoms with Crippen molar-refractivity contribution in [2.24, 2.45) is 34.5 Å². The number of carbonyl (C=O) groups excluding carboxylic acids is 1. The molecule has 2 fully saturated rings. The van der Waals surface area contributed by atoms with Crippen molar-refractivity contribution in [1.29, 1.82) is 0 Å². The van der Waals surface area contributed by atoms with Gasteiger partial charge in [0.15, 0.2) is 5.78 Å². The molecule has 4 aliphatic rings. The molecule has 4 aliphatic carbocycles. The Morgan fingerprint density at radius 3 is 2.75 bits per heavy atom. The summed E-state index contributed by atoms with van der Waals surface area (Å²) in [6.07, 6.45) is 10.6. The number of fused-ring (bicyclic) bond motifs is 5. The van der Waals surface area contributed by atoms with E-state index >= 15 is 0 Å². The predicted octanol–water partition coefficient (Wildman–Crippen LogP) is 4.53. The average Bonchev–Trinajstić information content (AvgIpc) is 3.00. The Kier molecular flexibility index (Phi) is 4.85. The van der Waals surface area contributed by atoms with Crippen LogP contribution >= 0.6 is 0 Å². The fraction of sp³-hybridized carbons (Fsp3) is 0.750. The summed E-state index contributed by atoms with van der Waals surface area (Å²) in [4.78, 5) is 24.5. The highest BCUT2D eigenvalue weighted by atomic mass is 16.4. The van der Waals surface area contributed by atoms with Gasteiger partial charge in [-0.1, -0.05) is 26.8 Å². The minimum Gasteiger partial charge on any atom is -0.481 e. The van der Waals surface area contributed by atoms with Crippen LogP contribution in [0.4, 0.5) is 0 Å². The zero-order chi connectivity index (χ0) is 20.3. The summed E-state index contributed by atoms with van der Waals surface area (Å²) in [5.74, 6) is 0.681. The molecule has 0 bridgehead atoms. The maximum atomic E-state index is 13.5. The molecule has 2 N–H and O–H groups in total. The van der Waals surface area contributed by atoms with Crippen molar-refractivity contribution >= 4 is 11.8 Å². The highest BCUT2D eigenvalue weighted by molar-refractivity contribution is 5.99. The number of rotatable bonds is 4. The number of hydrogen-bond acceptors (Lipinski definition) is 3. The predicted molar refractivity (Wildman–Crippen MR) is 108 cm³/mol. The largest absolute Gasteiger partial charge is 0.481 e. The topological polar surface area (TPSA) is 74.6 Å². The van der Waals surface area contributed by atoms with Crippen molar-refractivity contribution in [3.63, 3.8) is 0 Å². The second-order valence-electron chi connectivity index (χ2n) is 10.3. The molecule has 0 spiro atoms. The van der Waals surface area contributed by atoms with E-state index in [0.29, 0.717) is 12.3 Å². The SMILES string of the molecule is C[C@H](CCC(=O)O)[C@@H]1CC[C@@H]2C3=CC[C@@H]4C[C@H](O)CC[C@@]4(C)C3=CC(=O)[C@]21C. The van der Waals surface area contributed by atoms with Gasteiger partial charge in [-0.15, -0.1) is 0 Å². The lowest BCUT2D eigenvalue weighted by Crippen LogP contribution is -2.48. The lowest BCUT2D eigenvalue weighted by Gasteiger charge is -2.52. The molecule has 154 valence electrons. The van der Waals surface area contributed by atoms with E-state index in [2.05, 4.69) is 26.8 Å². The van der Waals surface area contributed by atoms with Gasteiger partial charge in [0.1, 0.15) is 0 Å². The molecular weight excluding hydrogens is 352 g/mol. The van der Waals surface area contributed by atoms with Gasteiger partial charge in [0, 0.05) is 11.8 Å². The second-order valence-corrected chi connectivity index (χ2v) is 10.3. The van der Waals surface area contributed by atoms with E-state index in [1.807, 2.05) is 6.08 Å². The van der Waals surface area contributed by atoms with Crippen molar-refractivity contribution in [3.05, 3.63) is 23.3 Å². The summed E-state index contributed by atoms with van der Waals surface area (Å²) in [7, 11) is 0. The van der Waals surface area contributed by atoms with Crippen LogP contribution in [-0.2, 0) is 9.59 Å². The summed E-state index contributed by atoms with van der Waals surface area (Å²) in [5.41, 5.74) is 2.25. The molecule has 0 amide bonds. The van der Waals surface area contributed by atoms with Crippen LogP contribution in [0.3, 0.4) is 0 Å². The van der Waals surface area contributed by atoms with E-state index in [1.165, 1.54) is 11.1 Å². The van der Waals surface area contributed by atoms with Gasteiger partial charge in [0.2, 0.25) is 0 Å². The average molecular weight is 387 g/mol. The van der Waals surface area contributed by atoms with Gasteiger partial charge in [-0.2, -0.15) is 0 Å². The summed E-state index contributed by atoms with van der Waals surface area (Å²) in [6.45, 7) is 6.57. The first-order chi connectivity index (χ1) is 13.2.